The number of ether oxygens (including phenoxy) is 1. The summed E-state index contributed by atoms with van der Waals surface area (Å²) in [5.41, 5.74) is -1.64. The zero-order chi connectivity index (χ0) is 31.6. The van der Waals surface area contributed by atoms with Crippen LogP contribution in [0.1, 0.15) is 41.3 Å². The largest absolute Gasteiger partial charge is 0.493 e. The van der Waals surface area contributed by atoms with Crippen molar-refractivity contribution in [2.75, 3.05) is 32.8 Å². The monoisotopic (exact) mass is 668 g/mol. The van der Waals surface area contributed by atoms with Gasteiger partial charge < -0.3 is 14.4 Å². The van der Waals surface area contributed by atoms with Gasteiger partial charge in [-0.05, 0) is 54.4 Å². The summed E-state index contributed by atoms with van der Waals surface area (Å²) in [6.45, 7) is 2.88. The Morgan fingerprint density at radius 1 is 0.955 bits per heavy atom. The molecular weight excluding hydrogens is 640 g/mol. The van der Waals surface area contributed by atoms with Crippen LogP contribution < -0.4 is 15.4 Å². The molecule has 0 spiro atoms. The molecule has 44 heavy (non-hydrogen) atoms. The van der Waals surface area contributed by atoms with Gasteiger partial charge in [0.15, 0.2) is 11.9 Å². The third-order valence-electron chi connectivity index (χ3n) is 7.93. The lowest BCUT2D eigenvalue weighted by Crippen LogP contribution is -2.62. The van der Waals surface area contributed by atoms with Gasteiger partial charge in [-0.3, -0.25) is 20.3 Å². The highest BCUT2D eigenvalue weighted by Gasteiger charge is 2.55. The molecule has 0 bridgehead atoms. The van der Waals surface area contributed by atoms with Crippen LogP contribution in [0.3, 0.4) is 0 Å². The summed E-state index contributed by atoms with van der Waals surface area (Å²) in [5.74, 6) is -0.492. The molecule has 7 nitrogen and oxygen atoms in total. The van der Waals surface area contributed by atoms with E-state index in [0.717, 1.165) is 23.3 Å². The Morgan fingerprint density at radius 3 is 1.93 bits per heavy atom. The van der Waals surface area contributed by atoms with Gasteiger partial charge >= 0.3 is 6.18 Å². The number of benzene rings is 3. The van der Waals surface area contributed by atoms with Gasteiger partial charge in [0.05, 0.1) is 24.3 Å². The number of piperazine rings is 1. The third-order valence-corrected chi connectivity index (χ3v) is 8.81. The molecule has 0 saturated carbocycles. The Balaban J connectivity index is 1.65. The second-order valence-electron chi connectivity index (χ2n) is 10.6. The molecule has 2 N–H and O–H groups in total. The van der Waals surface area contributed by atoms with Gasteiger partial charge in [0.1, 0.15) is 11.3 Å². The third kappa shape index (κ3) is 6.56. The maximum Gasteiger partial charge on any atom is 0.416 e. The first kappa shape index (κ1) is 32.5. The van der Waals surface area contributed by atoms with Crippen molar-refractivity contribution in [1.82, 2.24) is 20.4 Å². The van der Waals surface area contributed by atoms with E-state index < -0.39 is 40.9 Å². The zero-order valence-corrected chi connectivity index (χ0v) is 25.9. The first-order valence-electron chi connectivity index (χ1n) is 14.0. The number of rotatable bonds is 8. The Kier molecular flexibility index (Phi) is 9.79. The van der Waals surface area contributed by atoms with Gasteiger partial charge in [0.25, 0.3) is 5.91 Å². The number of aldehydes is 1. The van der Waals surface area contributed by atoms with Crippen LogP contribution in [0.4, 0.5) is 13.2 Å². The van der Waals surface area contributed by atoms with Gasteiger partial charge in [0.2, 0.25) is 0 Å². The van der Waals surface area contributed by atoms with Crippen molar-refractivity contribution < 1.29 is 27.5 Å². The van der Waals surface area contributed by atoms with Crippen molar-refractivity contribution in [3.8, 4) is 5.75 Å². The molecule has 13 heteroatoms. The number of halogens is 6. The number of nitrogens with zero attached hydrogens (tertiary/aromatic N) is 2. The Hall–Kier alpha value is -2.86. The minimum atomic E-state index is -4.62. The second-order valence-corrected chi connectivity index (χ2v) is 11.9. The number of amides is 1. The van der Waals surface area contributed by atoms with E-state index >= 15 is 0 Å². The van der Waals surface area contributed by atoms with Crippen LogP contribution in [-0.4, -0.2) is 60.3 Å². The topological polar surface area (TPSA) is 73.9 Å². The zero-order valence-electron chi connectivity index (χ0n) is 23.6. The lowest BCUT2D eigenvalue weighted by Gasteiger charge is -2.41. The molecule has 2 saturated heterocycles. The first-order valence-corrected chi connectivity index (χ1v) is 15.2. The van der Waals surface area contributed by atoms with E-state index in [1.54, 1.807) is 41.0 Å². The van der Waals surface area contributed by atoms with Crippen molar-refractivity contribution in [1.29, 1.82) is 0 Å². The van der Waals surface area contributed by atoms with Gasteiger partial charge in [-0.25, -0.2) is 0 Å². The molecule has 0 radical (unpaired) electrons. The summed E-state index contributed by atoms with van der Waals surface area (Å²) < 4.78 is 47.2. The maximum atomic E-state index is 14.7. The fraction of sp³-hybridized carbons (Fsp3) is 0.355. The van der Waals surface area contributed by atoms with Crippen molar-refractivity contribution in [3.05, 3.63) is 99.0 Å². The van der Waals surface area contributed by atoms with Crippen LogP contribution in [-0.2, 0) is 21.4 Å². The summed E-state index contributed by atoms with van der Waals surface area (Å²) in [5, 5.41) is 8.02. The number of nitrogens with one attached hydrogen (secondary N) is 2. The Morgan fingerprint density at radius 2 is 1.48 bits per heavy atom. The summed E-state index contributed by atoms with van der Waals surface area (Å²) >= 11 is 18.5. The van der Waals surface area contributed by atoms with E-state index in [0.29, 0.717) is 29.4 Å². The minimum Gasteiger partial charge on any atom is -0.493 e. The molecular formula is C31H30Cl3F3N4O3. The lowest BCUT2D eigenvalue weighted by atomic mass is 9.94. The number of hydrogen-bond acceptors (Lipinski definition) is 6. The van der Waals surface area contributed by atoms with E-state index in [2.05, 4.69) is 10.6 Å². The van der Waals surface area contributed by atoms with Crippen LogP contribution >= 0.6 is 34.8 Å². The second kappa shape index (κ2) is 13.2. The normalized spacial score (nSPS) is 23.4. The predicted octanol–water partition coefficient (Wildman–Crippen LogP) is 6.15. The summed E-state index contributed by atoms with van der Waals surface area (Å²) in [6, 6.07) is 16.4. The molecule has 3 aromatic rings. The van der Waals surface area contributed by atoms with E-state index in [-0.39, 0.29) is 31.0 Å². The lowest BCUT2D eigenvalue weighted by molar-refractivity contribution is -0.141. The van der Waals surface area contributed by atoms with Crippen LogP contribution in [0.5, 0.6) is 5.75 Å². The van der Waals surface area contributed by atoms with Gasteiger partial charge in [-0.1, -0.05) is 65.1 Å². The molecule has 5 rings (SSSR count). The van der Waals surface area contributed by atoms with Crippen molar-refractivity contribution in [2.24, 2.45) is 0 Å². The highest BCUT2D eigenvalue weighted by atomic mass is 35.5. The van der Waals surface area contributed by atoms with Crippen LogP contribution in [0.25, 0.3) is 0 Å². The molecule has 0 aromatic heterocycles. The Bertz CT molecular complexity index is 1430. The van der Waals surface area contributed by atoms with Crippen LogP contribution in [0.2, 0.25) is 10.0 Å². The molecule has 3 atom stereocenters. The SMILES string of the molecule is CCOc1cc(C(F)(F)F)ccc1C1(C(=O)N2CCN(C(Cl)C=O)CC2)NC(c2ccc(Cl)cc2)C(c2ccc(Cl)cc2)N1. The number of alkyl halides is 4. The van der Waals surface area contributed by atoms with E-state index in [9.17, 15) is 22.8 Å². The molecule has 2 fully saturated rings. The highest BCUT2D eigenvalue weighted by molar-refractivity contribution is 6.30. The van der Waals surface area contributed by atoms with E-state index in [1.165, 1.54) is 6.07 Å². The summed E-state index contributed by atoms with van der Waals surface area (Å²) in [6.07, 6.45) is -3.99. The van der Waals surface area contributed by atoms with Crippen molar-refractivity contribution in [3.63, 3.8) is 0 Å². The summed E-state index contributed by atoms with van der Waals surface area (Å²) in [7, 11) is 0. The molecule has 0 aliphatic carbocycles. The standard InChI is InChI=1S/C31H30Cl3F3N4O3/c1-2-44-25-17-21(31(35,36)37)7-12-24(25)30(29(43)41-15-13-40(14-16-41)26(34)18-42)38-27(19-3-8-22(32)9-4-19)28(39-30)20-5-10-23(33)11-6-20/h3-12,17-18,26-28,38-39H,2,13-16H2,1H3. The molecule has 2 heterocycles. The van der Waals surface area contributed by atoms with E-state index in [1.807, 2.05) is 24.3 Å². The number of hydrogen-bond donors (Lipinski definition) is 2. The Labute approximate surface area is 268 Å². The van der Waals surface area contributed by atoms with Crippen molar-refractivity contribution >= 4 is 47.0 Å². The summed E-state index contributed by atoms with van der Waals surface area (Å²) in [4.78, 5) is 29.3. The fourth-order valence-electron chi connectivity index (χ4n) is 5.74. The number of carbonyl (C=O) groups excluding carboxylic acids is 2. The molecule has 3 aromatic carbocycles. The first-order chi connectivity index (χ1) is 21.0. The predicted molar refractivity (Wildman–Crippen MR) is 163 cm³/mol. The molecule has 3 unspecified atom stereocenters. The van der Waals surface area contributed by atoms with Crippen molar-refractivity contribution in [2.45, 2.75) is 36.3 Å². The van der Waals surface area contributed by atoms with Gasteiger partial charge in [0, 0.05) is 41.8 Å². The molecule has 2 aliphatic heterocycles. The van der Waals surface area contributed by atoms with Crippen LogP contribution in [0, 0.1) is 0 Å². The maximum absolute atomic E-state index is 14.7. The highest BCUT2D eigenvalue weighted by Crippen LogP contribution is 2.46. The molecule has 1 amide bonds. The van der Waals surface area contributed by atoms with Gasteiger partial charge in [-0.2, -0.15) is 13.2 Å². The molecule has 234 valence electrons. The minimum absolute atomic E-state index is 0.0707. The fourth-order valence-corrected chi connectivity index (χ4v) is 6.19. The average molecular weight is 670 g/mol. The quantitative estimate of drug-likeness (QED) is 0.171. The van der Waals surface area contributed by atoms with Gasteiger partial charge in [-0.15, -0.1) is 0 Å². The average Bonchev–Trinajstić information content (AvgIpc) is 3.42. The smallest absolute Gasteiger partial charge is 0.416 e. The molecule has 2 aliphatic rings. The number of carbonyl (C=O) groups is 2. The van der Waals surface area contributed by atoms with E-state index in [4.69, 9.17) is 39.5 Å². The van der Waals surface area contributed by atoms with Crippen LogP contribution in [0.15, 0.2) is 66.7 Å².